The Morgan fingerprint density at radius 1 is 1.45 bits per heavy atom. The summed E-state index contributed by atoms with van der Waals surface area (Å²) >= 11 is 0. The second kappa shape index (κ2) is 7.04. The fourth-order valence-corrected chi connectivity index (χ4v) is 1.18. The van der Waals surface area contributed by atoms with Crippen LogP contribution in [0.15, 0.2) is 24.3 Å². The molecule has 108 valence electrons. The molecule has 9 heteroatoms. The van der Waals surface area contributed by atoms with Crippen LogP contribution < -0.4 is 10.1 Å². The molecule has 0 radical (unpaired) electrons. The molecule has 0 aliphatic rings. The first-order chi connectivity index (χ1) is 9.40. The zero-order chi connectivity index (χ0) is 15.1. The van der Waals surface area contributed by atoms with Crippen molar-refractivity contribution in [2.24, 2.45) is 0 Å². The second-order valence-electron chi connectivity index (χ2n) is 3.70. The van der Waals surface area contributed by atoms with E-state index < -0.39 is 36.1 Å². The van der Waals surface area contributed by atoms with Crippen LogP contribution in [-0.4, -0.2) is 46.3 Å². The van der Waals surface area contributed by atoms with Gasteiger partial charge in [0.15, 0.2) is 12.7 Å². The minimum atomic E-state index is -1.70. The summed E-state index contributed by atoms with van der Waals surface area (Å²) in [6, 6.07) is 5.27. The Kier molecular flexibility index (Phi) is 5.42. The van der Waals surface area contributed by atoms with Gasteiger partial charge in [0.25, 0.3) is 11.6 Å². The average Bonchev–Trinajstić information content (AvgIpc) is 2.42. The molecule has 1 atom stereocenters. The van der Waals surface area contributed by atoms with Gasteiger partial charge >= 0.3 is 5.97 Å². The SMILES string of the molecule is O=C(COc1cccc([N+](=O)[O-])c1)NCC(O)C(=O)O. The van der Waals surface area contributed by atoms with Crippen molar-refractivity contribution in [2.45, 2.75) is 6.10 Å². The summed E-state index contributed by atoms with van der Waals surface area (Å²) in [6.45, 7) is -0.903. The maximum atomic E-state index is 11.3. The fraction of sp³-hybridized carbons (Fsp3) is 0.273. The number of nitrogens with one attached hydrogen (secondary N) is 1. The molecule has 0 saturated carbocycles. The van der Waals surface area contributed by atoms with E-state index in [-0.39, 0.29) is 11.4 Å². The Balaban J connectivity index is 2.43. The molecule has 0 heterocycles. The molecule has 3 N–H and O–H groups in total. The van der Waals surface area contributed by atoms with Gasteiger partial charge < -0.3 is 20.3 Å². The van der Waals surface area contributed by atoms with Gasteiger partial charge in [-0.25, -0.2) is 4.79 Å². The van der Waals surface area contributed by atoms with Gasteiger partial charge in [-0.05, 0) is 6.07 Å². The molecule has 0 fully saturated rings. The highest BCUT2D eigenvalue weighted by Gasteiger charge is 2.14. The summed E-state index contributed by atoms with van der Waals surface area (Å²) in [5.41, 5.74) is -0.177. The molecule has 0 aromatic heterocycles. The van der Waals surface area contributed by atoms with Crippen molar-refractivity contribution in [1.82, 2.24) is 5.32 Å². The van der Waals surface area contributed by atoms with Gasteiger partial charge in [-0.3, -0.25) is 14.9 Å². The number of carbonyl (C=O) groups excluding carboxylic acids is 1. The van der Waals surface area contributed by atoms with Gasteiger partial charge in [-0.2, -0.15) is 0 Å². The van der Waals surface area contributed by atoms with E-state index in [9.17, 15) is 19.7 Å². The summed E-state index contributed by atoms with van der Waals surface area (Å²) < 4.78 is 5.01. The predicted molar refractivity (Wildman–Crippen MR) is 65.2 cm³/mol. The van der Waals surface area contributed by atoms with Crippen molar-refractivity contribution in [3.05, 3.63) is 34.4 Å². The van der Waals surface area contributed by atoms with Crippen LogP contribution in [0.1, 0.15) is 0 Å². The van der Waals surface area contributed by atoms with Gasteiger partial charge in [0.05, 0.1) is 17.5 Å². The molecule has 9 nitrogen and oxygen atoms in total. The maximum Gasteiger partial charge on any atom is 0.334 e. The zero-order valence-electron chi connectivity index (χ0n) is 10.2. The standard InChI is InChI=1S/C11H12N2O7/c14-9(11(16)17)5-12-10(15)6-20-8-3-1-2-7(4-8)13(18)19/h1-4,9,14H,5-6H2,(H,12,15)(H,16,17). The van der Waals surface area contributed by atoms with E-state index in [1.165, 1.54) is 18.2 Å². The molecule has 1 unspecified atom stereocenters. The molecule has 20 heavy (non-hydrogen) atoms. The highest BCUT2D eigenvalue weighted by atomic mass is 16.6. The van der Waals surface area contributed by atoms with Gasteiger partial charge in [0, 0.05) is 6.07 Å². The number of benzene rings is 1. The van der Waals surface area contributed by atoms with Crippen LogP contribution in [0.2, 0.25) is 0 Å². The van der Waals surface area contributed by atoms with Crippen LogP contribution in [0, 0.1) is 10.1 Å². The summed E-state index contributed by atoms with van der Waals surface area (Å²) in [5.74, 6) is -1.98. The van der Waals surface area contributed by atoms with Crippen molar-refractivity contribution in [1.29, 1.82) is 0 Å². The number of carboxylic acids is 1. The first-order valence-electron chi connectivity index (χ1n) is 5.45. The number of carboxylic acid groups (broad SMARTS) is 1. The number of non-ortho nitro benzene ring substituents is 1. The predicted octanol–water partition coefficient (Wildman–Crippen LogP) is -0.465. The lowest BCUT2D eigenvalue weighted by Gasteiger charge is -2.09. The van der Waals surface area contributed by atoms with Crippen LogP contribution in [0.5, 0.6) is 5.75 Å². The Labute approximate surface area is 112 Å². The number of nitro benzene ring substituents is 1. The molecular formula is C11H12N2O7. The van der Waals surface area contributed by atoms with Crippen molar-refractivity contribution < 1.29 is 29.5 Å². The van der Waals surface area contributed by atoms with Gasteiger partial charge in [0.2, 0.25) is 0 Å². The van der Waals surface area contributed by atoms with E-state index in [0.717, 1.165) is 6.07 Å². The first-order valence-corrected chi connectivity index (χ1v) is 5.45. The largest absolute Gasteiger partial charge is 0.484 e. The molecular weight excluding hydrogens is 272 g/mol. The van der Waals surface area contributed by atoms with E-state index in [1.807, 2.05) is 0 Å². The first kappa shape index (κ1) is 15.4. The number of carbonyl (C=O) groups is 2. The number of aliphatic hydroxyl groups excluding tert-OH is 1. The summed E-state index contributed by atoms with van der Waals surface area (Å²) in [5, 5.41) is 30.0. The molecule has 1 aromatic carbocycles. The Morgan fingerprint density at radius 3 is 2.75 bits per heavy atom. The molecule has 0 aliphatic heterocycles. The summed E-state index contributed by atoms with van der Waals surface area (Å²) in [7, 11) is 0. The van der Waals surface area contributed by atoms with E-state index >= 15 is 0 Å². The number of aliphatic carboxylic acids is 1. The highest BCUT2D eigenvalue weighted by molar-refractivity contribution is 5.79. The third kappa shape index (κ3) is 4.90. The highest BCUT2D eigenvalue weighted by Crippen LogP contribution is 2.18. The number of amides is 1. The Bertz CT molecular complexity index is 517. The Hall–Kier alpha value is -2.68. The number of ether oxygens (including phenoxy) is 1. The van der Waals surface area contributed by atoms with Crippen LogP contribution in [0.4, 0.5) is 5.69 Å². The average molecular weight is 284 g/mol. The number of aliphatic hydroxyl groups is 1. The van der Waals surface area contributed by atoms with E-state index in [2.05, 4.69) is 5.32 Å². The summed E-state index contributed by atoms with van der Waals surface area (Å²) in [4.78, 5) is 31.5. The van der Waals surface area contributed by atoms with Crippen molar-refractivity contribution >= 4 is 17.6 Å². The van der Waals surface area contributed by atoms with E-state index in [4.69, 9.17) is 14.9 Å². The third-order valence-electron chi connectivity index (χ3n) is 2.18. The fourth-order valence-electron chi connectivity index (χ4n) is 1.18. The van der Waals surface area contributed by atoms with Crippen LogP contribution in [0.3, 0.4) is 0 Å². The Morgan fingerprint density at radius 2 is 2.15 bits per heavy atom. The van der Waals surface area contributed by atoms with Gasteiger partial charge in [-0.15, -0.1) is 0 Å². The van der Waals surface area contributed by atoms with Crippen LogP contribution in [0.25, 0.3) is 0 Å². The molecule has 0 bridgehead atoms. The van der Waals surface area contributed by atoms with Crippen molar-refractivity contribution in [3.8, 4) is 5.75 Å². The normalized spacial score (nSPS) is 11.4. The lowest BCUT2D eigenvalue weighted by atomic mass is 10.3. The van der Waals surface area contributed by atoms with Crippen LogP contribution in [-0.2, 0) is 9.59 Å². The van der Waals surface area contributed by atoms with E-state index in [1.54, 1.807) is 0 Å². The van der Waals surface area contributed by atoms with Crippen LogP contribution >= 0.6 is 0 Å². The molecule has 0 saturated heterocycles. The molecule has 1 amide bonds. The minimum absolute atomic E-state index is 0.133. The van der Waals surface area contributed by atoms with Gasteiger partial charge in [-0.1, -0.05) is 6.07 Å². The van der Waals surface area contributed by atoms with Crippen molar-refractivity contribution in [3.63, 3.8) is 0 Å². The summed E-state index contributed by atoms with van der Waals surface area (Å²) in [6.07, 6.45) is -1.70. The molecule has 0 aliphatic carbocycles. The molecule has 0 spiro atoms. The molecule has 1 aromatic rings. The lowest BCUT2D eigenvalue weighted by Crippen LogP contribution is -2.38. The number of nitrogens with zero attached hydrogens (tertiary/aromatic N) is 1. The number of nitro groups is 1. The monoisotopic (exact) mass is 284 g/mol. The smallest absolute Gasteiger partial charge is 0.334 e. The number of hydrogen-bond donors (Lipinski definition) is 3. The minimum Gasteiger partial charge on any atom is -0.484 e. The van der Waals surface area contributed by atoms with E-state index in [0.29, 0.717) is 0 Å². The second-order valence-corrected chi connectivity index (χ2v) is 3.70. The molecule has 1 rings (SSSR count). The quantitative estimate of drug-likeness (QED) is 0.454. The number of rotatable bonds is 7. The third-order valence-corrected chi connectivity index (χ3v) is 2.18. The number of hydrogen-bond acceptors (Lipinski definition) is 6. The lowest BCUT2D eigenvalue weighted by molar-refractivity contribution is -0.384. The van der Waals surface area contributed by atoms with Crippen molar-refractivity contribution in [2.75, 3.05) is 13.2 Å². The topological polar surface area (TPSA) is 139 Å². The zero-order valence-corrected chi connectivity index (χ0v) is 10.2. The van der Waals surface area contributed by atoms with Gasteiger partial charge in [0.1, 0.15) is 5.75 Å². The maximum absolute atomic E-state index is 11.3.